The highest BCUT2D eigenvalue weighted by Gasteiger charge is 2.25. The molecule has 3 N–H and O–H groups in total. The second-order valence-corrected chi connectivity index (χ2v) is 7.48. The third kappa shape index (κ3) is 6.62. The number of nitrogens with zero attached hydrogens (tertiary/aromatic N) is 1. The SMILES string of the molecule is COc1cc(/C=C/C(=O)O)c(C(Nc2ccc(C#N)cc2)C(=O)NCc2ccccc2)cc1OC. The van der Waals surface area contributed by atoms with Crippen LogP contribution in [0.15, 0.2) is 72.8 Å². The smallest absolute Gasteiger partial charge is 0.328 e. The molecule has 0 bridgehead atoms. The molecule has 0 saturated carbocycles. The molecule has 0 aromatic heterocycles. The minimum Gasteiger partial charge on any atom is -0.493 e. The number of nitrogens with one attached hydrogen (secondary N) is 2. The molecule has 0 aliphatic carbocycles. The lowest BCUT2D eigenvalue weighted by Gasteiger charge is -2.23. The zero-order valence-corrected chi connectivity index (χ0v) is 19.3. The zero-order chi connectivity index (χ0) is 25.2. The topological polar surface area (TPSA) is 121 Å². The number of carbonyl (C=O) groups excluding carboxylic acids is 1. The molecule has 1 amide bonds. The Labute approximate surface area is 203 Å². The molecule has 3 aromatic rings. The quantitative estimate of drug-likeness (QED) is 0.380. The van der Waals surface area contributed by atoms with E-state index in [-0.39, 0.29) is 5.91 Å². The van der Waals surface area contributed by atoms with Crippen LogP contribution < -0.4 is 20.1 Å². The number of hydrogen-bond donors (Lipinski definition) is 3. The molecule has 8 nitrogen and oxygen atoms in total. The molecule has 0 radical (unpaired) electrons. The molecule has 178 valence electrons. The van der Waals surface area contributed by atoms with Crippen LogP contribution in [0.25, 0.3) is 6.08 Å². The van der Waals surface area contributed by atoms with Crippen molar-refractivity contribution < 1.29 is 24.2 Å². The van der Waals surface area contributed by atoms with E-state index in [1.807, 2.05) is 30.3 Å². The summed E-state index contributed by atoms with van der Waals surface area (Å²) in [5.41, 5.74) is 2.96. The van der Waals surface area contributed by atoms with Crippen molar-refractivity contribution >= 4 is 23.6 Å². The van der Waals surface area contributed by atoms with Crippen molar-refractivity contribution in [2.75, 3.05) is 19.5 Å². The second kappa shape index (κ2) is 11.9. The summed E-state index contributed by atoms with van der Waals surface area (Å²) >= 11 is 0. The highest BCUT2D eigenvalue weighted by molar-refractivity contribution is 5.90. The van der Waals surface area contributed by atoms with Gasteiger partial charge >= 0.3 is 5.97 Å². The Morgan fingerprint density at radius 3 is 2.29 bits per heavy atom. The van der Waals surface area contributed by atoms with E-state index in [1.165, 1.54) is 20.3 Å². The van der Waals surface area contributed by atoms with Gasteiger partial charge < -0.3 is 25.2 Å². The molecular formula is C27H25N3O5. The van der Waals surface area contributed by atoms with Crippen LogP contribution in [0.2, 0.25) is 0 Å². The summed E-state index contributed by atoms with van der Waals surface area (Å²) in [5, 5.41) is 24.4. The van der Waals surface area contributed by atoms with Gasteiger partial charge in [-0.1, -0.05) is 30.3 Å². The highest BCUT2D eigenvalue weighted by atomic mass is 16.5. The fourth-order valence-electron chi connectivity index (χ4n) is 3.45. The van der Waals surface area contributed by atoms with E-state index in [0.717, 1.165) is 11.6 Å². The Kier molecular flexibility index (Phi) is 8.46. The number of carbonyl (C=O) groups is 2. The van der Waals surface area contributed by atoms with Gasteiger partial charge in [-0.25, -0.2) is 4.79 Å². The third-order valence-corrected chi connectivity index (χ3v) is 5.20. The second-order valence-electron chi connectivity index (χ2n) is 7.48. The Balaban J connectivity index is 2.05. The van der Waals surface area contributed by atoms with Gasteiger partial charge in [-0.3, -0.25) is 4.79 Å². The van der Waals surface area contributed by atoms with Crippen molar-refractivity contribution in [2.45, 2.75) is 12.6 Å². The lowest BCUT2D eigenvalue weighted by molar-refractivity contribution is -0.131. The van der Waals surface area contributed by atoms with Crippen LogP contribution in [0, 0.1) is 11.3 Å². The van der Waals surface area contributed by atoms with Crippen LogP contribution in [0.5, 0.6) is 11.5 Å². The maximum Gasteiger partial charge on any atom is 0.328 e. The predicted molar refractivity (Wildman–Crippen MR) is 132 cm³/mol. The van der Waals surface area contributed by atoms with Gasteiger partial charge in [0.25, 0.3) is 0 Å². The van der Waals surface area contributed by atoms with E-state index in [0.29, 0.717) is 40.4 Å². The first-order valence-corrected chi connectivity index (χ1v) is 10.7. The van der Waals surface area contributed by atoms with Gasteiger partial charge in [0.1, 0.15) is 6.04 Å². The highest BCUT2D eigenvalue weighted by Crippen LogP contribution is 2.35. The fourth-order valence-corrected chi connectivity index (χ4v) is 3.45. The molecule has 0 heterocycles. The van der Waals surface area contributed by atoms with Gasteiger partial charge in [-0.05, 0) is 59.2 Å². The van der Waals surface area contributed by atoms with E-state index < -0.39 is 12.0 Å². The minimum atomic E-state index is -1.13. The number of carboxylic acids is 1. The van der Waals surface area contributed by atoms with E-state index in [2.05, 4.69) is 16.7 Å². The molecule has 35 heavy (non-hydrogen) atoms. The minimum absolute atomic E-state index is 0.304. The maximum atomic E-state index is 13.5. The average Bonchev–Trinajstić information content (AvgIpc) is 2.89. The number of hydrogen-bond acceptors (Lipinski definition) is 6. The van der Waals surface area contributed by atoms with Crippen LogP contribution in [0.1, 0.15) is 28.3 Å². The summed E-state index contributed by atoms with van der Waals surface area (Å²) in [6, 6.07) is 20.6. The number of aliphatic carboxylic acids is 1. The number of anilines is 1. The van der Waals surface area contributed by atoms with Gasteiger partial charge in [-0.2, -0.15) is 5.26 Å². The van der Waals surface area contributed by atoms with Crippen molar-refractivity contribution in [3.8, 4) is 17.6 Å². The molecule has 0 aliphatic heterocycles. The van der Waals surface area contributed by atoms with Crippen molar-refractivity contribution in [1.82, 2.24) is 5.32 Å². The standard InChI is InChI=1S/C27H25N3O5/c1-34-23-14-20(10-13-25(31)32)22(15-24(23)35-2)26(30-21-11-8-18(16-28)9-12-21)27(33)29-17-19-6-4-3-5-7-19/h3-15,26,30H,17H2,1-2H3,(H,29,33)(H,31,32)/b13-10+. The monoisotopic (exact) mass is 471 g/mol. The van der Waals surface area contributed by atoms with Gasteiger partial charge in [0.15, 0.2) is 11.5 Å². The lowest BCUT2D eigenvalue weighted by Crippen LogP contribution is -2.33. The summed E-state index contributed by atoms with van der Waals surface area (Å²) in [4.78, 5) is 24.7. The number of rotatable bonds is 10. The van der Waals surface area contributed by atoms with Gasteiger partial charge in [0, 0.05) is 18.3 Å². The Morgan fingerprint density at radius 2 is 1.69 bits per heavy atom. The zero-order valence-electron chi connectivity index (χ0n) is 19.3. The normalized spacial score (nSPS) is 11.3. The molecule has 1 unspecified atom stereocenters. The predicted octanol–water partition coefficient (Wildman–Crippen LogP) is 4.14. The summed E-state index contributed by atoms with van der Waals surface area (Å²) < 4.78 is 10.8. The van der Waals surface area contributed by atoms with Crippen molar-refractivity contribution in [2.24, 2.45) is 0 Å². The Hall–Kier alpha value is -4.77. The Bertz CT molecular complexity index is 1250. The Morgan fingerprint density at radius 1 is 1.03 bits per heavy atom. The summed E-state index contributed by atoms with van der Waals surface area (Å²) in [6.45, 7) is 0.304. The van der Waals surface area contributed by atoms with Crippen LogP contribution in [-0.4, -0.2) is 31.2 Å². The van der Waals surface area contributed by atoms with Crippen molar-refractivity contribution in [3.63, 3.8) is 0 Å². The van der Waals surface area contributed by atoms with Gasteiger partial charge in [0.2, 0.25) is 5.91 Å². The van der Waals surface area contributed by atoms with E-state index in [4.69, 9.17) is 14.7 Å². The van der Waals surface area contributed by atoms with Crippen molar-refractivity contribution in [1.29, 1.82) is 5.26 Å². The third-order valence-electron chi connectivity index (χ3n) is 5.20. The molecule has 3 rings (SSSR count). The average molecular weight is 472 g/mol. The molecule has 0 saturated heterocycles. The van der Waals surface area contributed by atoms with Gasteiger partial charge in [0.05, 0.1) is 25.9 Å². The molecule has 3 aromatic carbocycles. The van der Waals surface area contributed by atoms with E-state index in [9.17, 15) is 14.7 Å². The molecule has 0 spiro atoms. The number of carboxylic acid groups (broad SMARTS) is 1. The molecule has 1 atom stereocenters. The molecule has 8 heteroatoms. The van der Waals surface area contributed by atoms with Crippen LogP contribution in [-0.2, 0) is 16.1 Å². The summed E-state index contributed by atoms with van der Waals surface area (Å²) in [7, 11) is 2.95. The largest absolute Gasteiger partial charge is 0.493 e. The van der Waals surface area contributed by atoms with Crippen LogP contribution in [0.3, 0.4) is 0 Å². The van der Waals surface area contributed by atoms with Gasteiger partial charge in [-0.15, -0.1) is 0 Å². The number of benzene rings is 3. The first kappa shape index (κ1) is 24.9. The summed E-state index contributed by atoms with van der Waals surface area (Å²) in [5.74, 6) is -0.688. The number of methoxy groups -OCH3 is 2. The van der Waals surface area contributed by atoms with Crippen LogP contribution in [0.4, 0.5) is 5.69 Å². The molecule has 0 aliphatic rings. The van der Waals surface area contributed by atoms with E-state index >= 15 is 0 Å². The number of nitriles is 1. The maximum absolute atomic E-state index is 13.5. The van der Waals surface area contributed by atoms with Crippen molar-refractivity contribution in [3.05, 3.63) is 95.1 Å². The first-order valence-electron chi connectivity index (χ1n) is 10.7. The first-order chi connectivity index (χ1) is 16.9. The van der Waals surface area contributed by atoms with Crippen LogP contribution >= 0.6 is 0 Å². The number of amides is 1. The lowest BCUT2D eigenvalue weighted by atomic mass is 9.97. The van der Waals surface area contributed by atoms with E-state index in [1.54, 1.807) is 36.4 Å². The number of ether oxygens (including phenoxy) is 2. The molecular weight excluding hydrogens is 446 g/mol. The summed E-state index contributed by atoms with van der Waals surface area (Å²) in [6.07, 6.45) is 2.39. The molecule has 0 fully saturated rings. The fraction of sp³-hybridized carbons (Fsp3) is 0.148.